The maximum atomic E-state index is 11.6. The van der Waals surface area contributed by atoms with Crippen molar-refractivity contribution in [2.45, 2.75) is 58.0 Å². The highest BCUT2D eigenvalue weighted by Crippen LogP contribution is 2.29. The molecule has 3 N–H and O–H groups in total. The largest absolute Gasteiger partial charge is 0.395 e. The van der Waals surface area contributed by atoms with Gasteiger partial charge in [0.15, 0.2) is 0 Å². The number of amides is 1. The van der Waals surface area contributed by atoms with E-state index in [1.54, 1.807) is 10.9 Å². The molecule has 1 saturated carbocycles. The maximum absolute atomic E-state index is 11.6. The van der Waals surface area contributed by atoms with Crippen molar-refractivity contribution in [1.29, 1.82) is 0 Å². The highest BCUT2D eigenvalue weighted by atomic mass is 16.3. The Morgan fingerprint density at radius 2 is 2.18 bits per heavy atom. The number of nitrogens with one attached hydrogen (secondary N) is 2. The summed E-state index contributed by atoms with van der Waals surface area (Å²) in [5.41, 5.74) is 0.980. The van der Waals surface area contributed by atoms with E-state index in [-0.39, 0.29) is 25.6 Å². The van der Waals surface area contributed by atoms with Crippen LogP contribution in [0.25, 0.3) is 0 Å². The second-order valence-electron chi connectivity index (χ2n) is 6.15. The lowest BCUT2D eigenvalue weighted by Gasteiger charge is -2.29. The van der Waals surface area contributed by atoms with Gasteiger partial charge in [0.05, 0.1) is 18.5 Å². The van der Waals surface area contributed by atoms with Crippen molar-refractivity contribution < 1.29 is 9.90 Å². The van der Waals surface area contributed by atoms with Crippen LogP contribution in [0.15, 0.2) is 12.4 Å². The van der Waals surface area contributed by atoms with Crippen LogP contribution in [0.2, 0.25) is 0 Å². The lowest BCUT2D eigenvalue weighted by atomic mass is 9.83. The zero-order valence-corrected chi connectivity index (χ0v) is 13.4. The summed E-state index contributed by atoms with van der Waals surface area (Å²) >= 11 is 0. The Hall–Kier alpha value is -1.56. The molecule has 0 atom stereocenters. The molecule has 6 heteroatoms. The van der Waals surface area contributed by atoms with Crippen molar-refractivity contribution in [1.82, 2.24) is 15.1 Å². The number of aliphatic hydroxyl groups excluding tert-OH is 1. The van der Waals surface area contributed by atoms with E-state index in [0.29, 0.717) is 6.04 Å². The molecule has 22 heavy (non-hydrogen) atoms. The zero-order chi connectivity index (χ0) is 15.8. The Labute approximate surface area is 132 Å². The van der Waals surface area contributed by atoms with Gasteiger partial charge in [-0.25, -0.2) is 0 Å². The summed E-state index contributed by atoms with van der Waals surface area (Å²) in [6, 6.07) is 0.522. The molecule has 1 fully saturated rings. The van der Waals surface area contributed by atoms with Gasteiger partial charge in [-0.05, 0) is 31.6 Å². The number of aromatic nitrogens is 2. The quantitative estimate of drug-likeness (QED) is 0.684. The molecule has 1 aromatic heterocycles. The Kier molecular flexibility index (Phi) is 6.71. The van der Waals surface area contributed by atoms with Crippen LogP contribution in [0.1, 0.15) is 45.4 Å². The number of carbonyl (C=O) groups is 1. The lowest BCUT2D eigenvalue weighted by molar-refractivity contribution is -0.122. The van der Waals surface area contributed by atoms with Crippen LogP contribution in [0.4, 0.5) is 5.69 Å². The highest BCUT2D eigenvalue weighted by molar-refractivity contribution is 5.75. The number of rotatable bonds is 8. The van der Waals surface area contributed by atoms with E-state index >= 15 is 0 Å². The van der Waals surface area contributed by atoms with E-state index < -0.39 is 0 Å². The number of nitrogens with zero attached hydrogens (tertiary/aromatic N) is 2. The summed E-state index contributed by atoms with van der Waals surface area (Å²) < 4.78 is 1.62. The standard InChI is InChI=1S/C16H28N4O2/c1-2-3-13-4-6-14(7-5-13)19-15-10-18-20(11-15)12-16(22)17-8-9-21/h10-11,13-14,19,21H,2-9,12H2,1H3,(H,17,22). The van der Waals surface area contributed by atoms with Crippen molar-refractivity contribution >= 4 is 11.6 Å². The average Bonchev–Trinajstić information content (AvgIpc) is 2.94. The van der Waals surface area contributed by atoms with Crippen molar-refractivity contribution in [2.24, 2.45) is 5.92 Å². The van der Waals surface area contributed by atoms with Crippen molar-refractivity contribution in [3.63, 3.8) is 0 Å². The fraction of sp³-hybridized carbons (Fsp3) is 0.750. The predicted octanol–water partition coefficient (Wildman–Crippen LogP) is 1.76. The molecule has 1 heterocycles. The van der Waals surface area contributed by atoms with Crippen LogP contribution >= 0.6 is 0 Å². The molecule has 6 nitrogen and oxygen atoms in total. The summed E-state index contributed by atoms with van der Waals surface area (Å²) in [6.45, 7) is 2.69. The molecular weight excluding hydrogens is 280 g/mol. The number of hydrogen-bond donors (Lipinski definition) is 3. The van der Waals surface area contributed by atoms with Gasteiger partial charge in [0, 0.05) is 18.8 Å². The van der Waals surface area contributed by atoms with Gasteiger partial charge < -0.3 is 15.7 Å². The van der Waals surface area contributed by atoms with Crippen LogP contribution in [0.5, 0.6) is 0 Å². The molecule has 1 aliphatic rings. The third kappa shape index (κ3) is 5.33. The molecule has 1 aromatic rings. The molecule has 0 unspecified atom stereocenters. The van der Waals surface area contributed by atoms with E-state index in [1.807, 2.05) is 6.20 Å². The normalized spacial score (nSPS) is 21.5. The molecule has 0 aromatic carbocycles. The van der Waals surface area contributed by atoms with Crippen LogP contribution < -0.4 is 10.6 Å². The highest BCUT2D eigenvalue weighted by Gasteiger charge is 2.20. The summed E-state index contributed by atoms with van der Waals surface area (Å²) in [5.74, 6) is 0.768. The van der Waals surface area contributed by atoms with Crippen LogP contribution in [-0.4, -0.2) is 40.0 Å². The second kappa shape index (κ2) is 8.78. The number of anilines is 1. The average molecular weight is 308 g/mol. The van der Waals surface area contributed by atoms with Gasteiger partial charge in [-0.3, -0.25) is 9.48 Å². The maximum Gasteiger partial charge on any atom is 0.241 e. The minimum Gasteiger partial charge on any atom is -0.395 e. The molecular formula is C16H28N4O2. The van der Waals surface area contributed by atoms with E-state index in [9.17, 15) is 4.79 Å². The molecule has 1 aliphatic carbocycles. The Morgan fingerprint density at radius 1 is 1.41 bits per heavy atom. The third-order valence-electron chi connectivity index (χ3n) is 4.29. The molecule has 0 radical (unpaired) electrons. The molecule has 0 spiro atoms. The van der Waals surface area contributed by atoms with Gasteiger partial charge >= 0.3 is 0 Å². The number of hydrogen-bond acceptors (Lipinski definition) is 4. The summed E-state index contributed by atoms with van der Waals surface area (Å²) in [4.78, 5) is 11.6. The SMILES string of the molecule is CCCC1CCC(Nc2cnn(CC(=O)NCCO)c2)CC1. The van der Waals surface area contributed by atoms with Gasteiger partial charge in [0.2, 0.25) is 5.91 Å². The van der Waals surface area contributed by atoms with Gasteiger partial charge in [-0.2, -0.15) is 5.10 Å². The fourth-order valence-electron chi connectivity index (χ4n) is 3.16. The first-order chi connectivity index (χ1) is 10.7. The summed E-state index contributed by atoms with van der Waals surface area (Å²) in [7, 11) is 0. The molecule has 0 aliphatic heterocycles. The van der Waals surface area contributed by atoms with Crippen LogP contribution in [0, 0.1) is 5.92 Å². The Morgan fingerprint density at radius 3 is 2.86 bits per heavy atom. The Balaban J connectivity index is 1.74. The lowest BCUT2D eigenvalue weighted by Crippen LogP contribution is -2.30. The molecule has 2 rings (SSSR count). The first-order valence-corrected chi connectivity index (χ1v) is 8.37. The van der Waals surface area contributed by atoms with Crippen LogP contribution in [0.3, 0.4) is 0 Å². The summed E-state index contributed by atoms with van der Waals surface area (Å²) in [5, 5.41) is 19.0. The van der Waals surface area contributed by atoms with Gasteiger partial charge in [0.1, 0.15) is 6.54 Å². The van der Waals surface area contributed by atoms with Gasteiger partial charge in [-0.1, -0.05) is 19.8 Å². The predicted molar refractivity (Wildman–Crippen MR) is 86.6 cm³/mol. The Bertz CT molecular complexity index is 453. The van der Waals surface area contributed by atoms with E-state index in [0.717, 1.165) is 11.6 Å². The van der Waals surface area contributed by atoms with E-state index in [1.165, 1.54) is 38.5 Å². The number of aliphatic hydroxyl groups is 1. The first kappa shape index (κ1) is 16.8. The second-order valence-corrected chi connectivity index (χ2v) is 6.15. The monoisotopic (exact) mass is 308 g/mol. The van der Waals surface area contributed by atoms with Gasteiger partial charge in [0.25, 0.3) is 0 Å². The molecule has 0 bridgehead atoms. The van der Waals surface area contributed by atoms with Gasteiger partial charge in [-0.15, -0.1) is 0 Å². The van der Waals surface area contributed by atoms with Crippen LogP contribution in [-0.2, 0) is 11.3 Å². The minimum absolute atomic E-state index is 0.0433. The summed E-state index contributed by atoms with van der Waals surface area (Å²) in [6.07, 6.45) is 11.3. The minimum atomic E-state index is -0.135. The van der Waals surface area contributed by atoms with E-state index in [2.05, 4.69) is 22.7 Å². The molecule has 0 saturated heterocycles. The smallest absolute Gasteiger partial charge is 0.241 e. The topological polar surface area (TPSA) is 79.2 Å². The number of carbonyl (C=O) groups excluding carboxylic acids is 1. The molecule has 1 amide bonds. The zero-order valence-electron chi connectivity index (χ0n) is 13.4. The molecule has 124 valence electrons. The first-order valence-electron chi connectivity index (χ1n) is 8.37. The van der Waals surface area contributed by atoms with E-state index in [4.69, 9.17) is 5.11 Å². The van der Waals surface area contributed by atoms with Crippen molar-refractivity contribution in [3.05, 3.63) is 12.4 Å². The third-order valence-corrected chi connectivity index (χ3v) is 4.29. The van der Waals surface area contributed by atoms with Crippen molar-refractivity contribution in [3.8, 4) is 0 Å². The fourth-order valence-corrected chi connectivity index (χ4v) is 3.16. The van der Waals surface area contributed by atoms with Crippen molar-refractivity contribution in [2.75, 3.05) is 18.5 Å².